The van der Waals surface area contributed by atoms with E-state index < -0.39 is 0 Å². The van der Waals surface area contributed by atoms with Gasteiger partial charge in [-0.3, -0.25) is 9.69 Å². The quantitative estimate of drug-likeness (QED) is 0.903. The Labute approximate surface area is 137 Å². The van der Waals surface area contributed by atoms with Crippen molar-refractivity contribution in [2.45, 2.75) is 18.8 Å². The molecule has 3 heterocycles. The van der Waals surface area contributed by atoms with Crippen molar-refractivity contribution in [3.63, 3.8) is 0 Å². The van der Waals surface area contributed by atoms with Crippen LogP contribution in [-0.2, 0) is 9.53 Å². The number of morpholine rings is 1. The molecule has 0 bridgehead atoms. The van der Waals surface area contributed by atoms with E-state index in [2.05, 4.69) is 27.3 Å². The molecular formula is C17H26N4O2. The molecule has 23 heavy (non-hydrogen) atoms. The summed E-state index contributed by atoms with van der Waals surface area (Å²) in [6.45, 7) is 5.41. The van der Waals surface area contributed by atoms with Crippen molar-refractivity contribution in [3.8, 4) is 0 Å². The van der Waals surface area contributed by atoms with E-state index in [0.29, 0.717) is 12.5 Å². The van der Waals surface area contributed by atoms with Gasteiger partial charge in [0, 0.05) is 45.3 Å². The summed E-state index contributed by atoms with van der Waals surface area (Å²) in [5.41, 5.74) is 1.27. The van der Waals surface area contributed by atoms with Gasteiger partial charge in [-0.1, -0.05) is 0 Å². The van der Waals surface area contributed by atoms with Gasteiger partial charge < -0.3 is 15.0 Å². The Morgan fingerprint density at radius 3 is 3.00 bits per heavy atom. The van der Waals surface area contributed by atoms with Gasteiger partial charge in [-0.05, 0) is 30.5 Å². The van der Waals surface area contributed by atoms with Crippen LogP contribution in [-0.4, -0.2) is 73.7 Å². The third-order valence-corrected chi connectivity index (χ3v) is 4.75. The predicted octanol–water partition coefficient (Wildman–Crippen LogP) is 1.16. The first-order chi connectivity index (χ1) is 11.3. The molecule has 126 valence electrons. The molecule has 1 aromatic rings. The molecule has 6 nitrogen and oxygen atoms in total. The van der Waals surface area contributed by atoms with Crippen LogP contribution in [0.5, 0.6) is 0 Å². The van der Waals surface area contributed by atoms with Crippen LogP contribution in [0, 0.1) is 0 Å². The molecule has 0 aromatic carbocycles. The standard InChI is InChI=1S/C17H26N4O2/c1-18-16-11-14(4-5-19-16)15-3-2-6-21(12-15)17(22)13-20-7-9-23-10-8-20/h4-5,11,15H,2-3,6-10,12-13H2,1H3,(H,18,19). The molecule has 0 spiro atoms. The van der Waals surface area contributed by atoms with Crippen LogP contribution in [0.25, 0.3) is 0 Å². The lowest BCUT2D eigenvalue weighted by Crippen LogP contribution is -2.47. The van der Waals surface area contributed by atoms with Crippen molar-refractivity contribution in [3.05, 3.63) is 23.9 Å². The molecule has 2 saturated heterocycles. The normalized spacial score (nSPS) is 22.8. The molecule has 2 aliphatic rings. The maximum Gasteiger partial charge on any atom is 0.236 e. The highest BCUT2D eigenvalue weighted by molar-refractivity contribution is 5.78. The average molecular weight is 318 g/mol. The number of nitrogens with zero attached hydrogens (tertiary/aromatic N) is 3. The molecule has 1 amide bonds. The number of nitrogens with one attached hydrogen (secondary N) is 1. The highest BCUT2D eigenvalue weighted by Gasteiger charge is 2.26. The maximum atomic E-state index is 12.6. The van der Waals surface area contributed by atoms with Crippen LogP contribution >= 0.6 is 0 Å². The lowest BCUT2D eigenvalue weighted by Gasteiger charge is -2.35. The van der Waals surface area contributed by atoms with Gasteiger partial charge in [-0.15, -0.1) is 0 Å². The number of rotatable bonds is 4. The number of pyridine rings is 1. The lowest BCUT2D eigenvalue weighted by atomic mass is 9.91. The topological polar surface area (TPSA) is 57.7 Å². The zero-order valence-corrected chi connectivity index (χ0v) is 13.8. The van der Waals surface area contributed by atoms with Gasteiger partial charge in [0.1, 0.15) is 5.82 Å². The summed E-state index contributed by atoms with van der Waals surface area (Å²) in [7, 11) is 1.88. The molecule has 2 aliphatic heterocycles. The van der Waals surface area contributed by atoms with Crippen LogP contribution < -0.4 is 5.32 Å². The van der Waals surface area contributed by atoms with Crippen molar-refractivity contribution in [1.29, 1.82) is 0 Å². The zero-order chi connectivity index (χ0) is 16.1. The second-order valence-electron chi connectivity index (χ2n) is 6.29. The first kappa shape index (κ1) is 16.2. The Kier molecular flexibility index (Phi) is 5.46. The van der Waals surface area contributed by atoms with Crippen LogP contribution in [0.4, 0.5) is 5.82 Å². The fraction of sp³-hybridized carbons (Fsp3) is 0.647. The zero-order valence-electron chi connectivity index (χ0n) is 13.8. The summed E-state index contributed by atoms with van der Waals surface area (Å²) in [4.78, 5) is 21.1. The summed E-state index contributed by atoms with van der Waals surface area (Å²) in [5.74, 6) is 1.55. The molecule has 6 heteroatoms. The number of hydrogen-bond acceptors (Lipinski definition) is 5. The Morgan fingerprint density at radius 2 is 2.22 bits per heavy atom. The fourth-order valence-corrected chi connectivity index (χ4v) is 3.36. The van der Waals surface area contributed by atoms with Crippen LogP contribution in [0.15, 0.2) is 18.3 Å². The minimum absolute atomic E-state index is 0.250. The third kappa shape index (κ3) is 4.20. The van der Waals surface area contributed by atoms with Gasteiger partial charge >= 0.3 is 0 Å². The largest absolute Gasteiger partial charge is 0.379 e. The molecular weight excluding hydrogens is 292 g/mol. The van der Waals surface area contributed by atoms with Crippen LogP contribution in [0.3, 0.4) is 0 Å². The number of anilines is 1. The second-order valence-corrected chi connectivity index (χ2v) is 6.29. The van der Waals surface area contributed by atoms with E-state index in [1.807, 2.05) is 18.1 Å². The molecule has 0 aliphatic carbocycles. The Morgan fingerprint density at radius 1 is 1.39 bits per heavy atom. The van der Waals surface area contributed by atoms with Crippen LogP contribution in [0.1, 0.15) is 24.3 Å². The SMILES string of the molecule is CNc1cc(C2CCCN(C(=O)CN3CCOCC3)C2)ccn1. The van der Waals surface area contributed by atoms with E-state index in [1.165, 1.54) is 5.56 Å². The molecule has 1 aromatic heterocycles. The van der Waals surface area contributed by atoms with E-state index in [-0.39, 0.29) is 5.91 Å². The minimum Gasteiger partial charge on any atom is -0.379 e. The summed E-state index contributed by atoms with van der Waals surface area (Å²) in [5, 5.41) is 3.08. The number of hydrogen-bond donors (Lipinski definition) is 1. The molecule has 2 fully saturated rings. The predicted molar refractivity (Wildman–Crippen MR) is 89.6 cm³/mol. The molecule has 0 saturated carbocycles. The Bertz CT molecular complexity index is 531. The van der Waals surface area contributed by atoms with Gasteiger partial charge in [0.15, 0.2) is 0 Å². The number of ether oxygens (including phenoxy) is 1. The van der Waals surface area contributed by atoms with Crippen molar-refractivity contribution in [2.24, 2.45) is 0 Å². The summed E-state index contributed by atoms with van der Waals surface area (Å²) >= 11 is 0. The minimum atomic E-state index is 0.250. The van der Waals surface area contributed by atoms with Crippen molar-refractivity contribution < 1.29 is 9.53 Å². The van der Waals surface area contributed by atoms with Gasteiger partial charge in [0.25, 0.3) is 0 Å². The van der Waals surface area contributed by atoms with Crippen molar-refractivity contribution >= 4 is 11.7 Å². The second kappa shape index (κ2) is 7.75. The van der Waals surface area contributed by atoms with E-state index in [1.54, 1.807) is 0 Å². The van der Waals surface area contributed by atoms with Gasteiger partial charge in [-0.25, -0.2) is 4.98 Å². The molecule has 1 unspecified atom stereocenters. The maximum absolute atomic E-state index is 12.6. The summed E-state index contributed by atoms with van der Waals surface area (Å²) < 4.78 is 5.35. The highest BCUT2D eigenvalue weighted by atomic mass is 16.5. The van der Waals surface area contributed by atoms with Crippen molar-refractivity contribution in [1.82, 2.24) is 14.8 Å². The Hall–Kier alpha value is -1.66. The molecule has 0 radical (unpaired) electrons. The molecule has 1 atom stereocenters. The van der Waals surface area contributed by atoms with E-state index in [4.69, 9.17) is 4.74 Å². The first-order valence-electron chi connectivity index (χ1n) is 8.48. The number of carbonyl (C=O) groups is 1. The van der Waals surface area contributed by atoms with Gasteiger partial charge in [0.05, 0.1) is 19.8 Å². The molecule has 1 N–H and O–H groups in total. The number of likely N-dealkylation sites (tertiary alicyclic amines) is 1. The molecule has 3 rings (SSSR count). The Balaban J connectivity index is 1.59. The van der Waals surface area contributed by atoms with Crippen molar-refractivity contribution in [2.75, 3.05) is 58.3 Å². The van der Waals surface area contributed by atoms with E-state index in [9.17, 15) is 4.79 Å². The summed E-state index contributed by atoms with van der Waals surface area (Å²) in [6, 6.07) is 4.17. The van der Waals surface area contributed by atoms with E-state index in [0.717, 1.165) is 58.1 Å². The number of carbonyl (C=O) groups excluding carboxylic acids is 1. The highest BCUT2D eigenvalue weighted by Crippen LogP contribution is 2.27. The lowest BCUT2D eigenvalue weighted by molar-refractivity contribution is -0.134. The van der Waals surface area contributed by atoms with E-state index >= 15 is 0 Å². The van der Waals surface area contributed by atoms with Crippen LogP contribution in [0.2, 0.25) is 0 Å². The number of amides is 1. The van der Waals surface area contributed by atoms with Gasteiger partial charge in [-0.2, -0.15) is 0 Å². The smallest absolute Gasteiger partial charge is 0.236 e. The monoisotopic (exact) mass is 318 g/mol. The fourth-order valence-electron chi connectivity index (χ4n) is 3.36. The third-order valence-electron chi connectivity index (χ3n) is 4.75. The van der Waals surface area contributed by atoms with Gasteiger partial charge in [0.2, 0.25) is 5.91 Å². The number of piperidine rings is 1. The first-order valence-corrected chi connectivity index (χ1v) is 8.48. The average Bonchev–Trinajstić information content (AvgIpc) is 2.63. The summed E-state index contributed by atoms with van der Waals surface area (Å²) in [6.07, 6.45) is 4.04. The number of aromatic nitrogens is 1.